The molecule has 0 fully saturated rings. The predicted octanol–water partition coefficient (Wildman–Crippen LogP) is 8.24. The van der Waals surface area contributed by atoms with E-state index in [0.29, 0.717) is 38.7 Å². The quantitative estimate of drug-likeness (QED) is 0.151. The van der Waals surface area contributed by atoms with Gasteiger partial charge < -0.3 is 10.1 Å². The number of rotatable bonds is 5. The van der Waals surface area contributed by atoms with E-state index in [1.54, 1.807) is 71.1 Å². The van der Waals surface area contributed by atoms with Crippen molar-refractivity contribution in [2.75, 3.05) is 6.61 Å². The lowest BCUT2D eigenvalue weighted by Crippen LogP contribution is -2.24. The van der Waals surface area contributed by atoms with Gasteiger partial charge in [0.2, 0.25) is 0 Å². The minimum atomic E-state index is -4.55. The van der Waals surface area contributed by atoms with Gasteiger partial charge in [0, 0.05) is 17.0 Å². The van der Waals surface area contributed by atoms with Crippen molar-refractivity contribution in [1.29, 1.82) is 0 Å². The number of hydrogen-bond acceptors (Lipinski definition) is 6. The zero-order valence-corrected chi connectivity index (χ0v) is 26.0. The summed E-state index contributed by atoms with van der Waals surface area (Å²) in [6.45, 7) is 8.42. The molecule has 2 aromatic carbocycles. The summed E-state index contributed by atoms with van der Waals surface area (Å²) in [5.74, 6) is -1.27. The van der Waals surface area contributed by atoms with Crippen molar-refractivity contribution in [2.45, 2.75) is 53.5 Å². The Hall–Kier alpha value is -5.07. The van der Waals surface area contributed by atoms with Crippen LogP contribution in [0.25, 0.3) is 21.8 Å². The average Bonchev–Trinajstić information content (AvgIpc) is 2.99. The molecule has 7 nitrogen and oxygen atoms in total. The molecule has 0 atom stereocenters. The molecule has 246 valence electrons. The average molecular weight is 657 g/mol. The highest BCUT2D eigenvalue weighted by Gasteiger charge is 2.35. The molecule has 3 aromatic heterocycles. The summed E-state index contributed by atoms with van der Waals surface area (Å²) in [4.78, 5) is 36.0. The number of ether oxygens (including phenoxy) is 1. The number of nitrogens with one attached hydrogen (secondary N) is 1. The molecule has 0 saturated carbocycles. The Morgan fingerprint density at radius 2 is 1.26 bits per heavy atom. The first-order valence-electron chi connectivity index (χ1n) is 14.3. The highest BCUT2D eigenvalue weighted by atomic mass is 19.4. The molecule has 1 amide bonds. The van der Waals surface area contributed by atoms with E-state index in [4.69, 9.17) is 4.74 Å². The predicted molar refractivity (Wildman–Crippen MR) is 164 cm³/mol. The van der Waals surface area contributed by atoms with Gasteiger partial charge in [-0.05, 0) is 105 Å². The fourth-order valence-corrected chi connectivity index (χ4v) is 4.89. The van der Waals surface area contributed by atoms with Crippen LogP contribution in [0, 0.1) is 27.7 Å². The van der Waals surface area contributed by atoms with Crippen LogP contribution in [0.1, 0.15) is 67.0 Å². The Balaban J connectivity index is 0.000000218. The third-order valence-corrected chi connectivity index (χ3v) is 7.01. The van der Waals surface area contributed by atoms with Crippen LogP contribution in [0.4, 0.5) is 26.3 Å². The topological polar surface area (TPSA) is 94.1 Å². The Kier molecular flexibility index (Phi) is 10.2. The van der Waals surface area contributed by atoms with E-state index in [9.17, 15) is 35.9 Å². The van der Waals surface area contributed by atoms with Gasteiger partial charge in [-0.2, -0.15) is 26.3 Å². The molecule has 0 aliphatic rings. The van der Waals surface area contributed by atoms with E-state index in [1.807, 2.05) is 0 Å². The van der Waals surface area contributed by atoms with Gasteiger partial charge in [0.25, 0.3) is 5.91 Å². The van der Waals surface area contributed by atoms with Crippen LogP contribution in [-0.4, -0.2) is 33.4 Å². The highest BCUT2D eigenvalue weighted by molar-refractivity contribution is 5.97. The highest BCUT2D eigenvalue weighted by Crippen LogP contribution is 2.37. The SMILES string of the molecule is CCOC(=O)c1cc(C)c2cc(C)cc(C(F)(F)F)c2n1.Cc1cc(C(F)(F)F)c2nc(C(=O)NCc3ccccn3)cc(C)c2c1. The molecule has 0 bridgehead atoms. The zero-order chi connectivity index (χ0) is 34.7. The number of aryl methyl sites for hydroxylation is 4. The van der Waals surface area contributed by atoms with Crippen LogP contribution < -0.4 is 5.32 Å². The molecule has 0 aliphatic carbocycles. The van der Waals surface area contributed by atoms with Gasteiger partial charge in [-0.1, -0.05) is 6.07 Å². The smallest absolute Gasteiger partial charge is 0.418 e. The lowest BCUT2D eigenvalue weighted by molar-refractivity contribution is -0.137. The number of halogens is 6. The largest absolute Gasteiger partial charge is 0.461 e. The van der Waals surface area contributed by atoms with Crippen molar-refractivity contribution in [3.05, 3.63) is 111 Å². The Bertz CT molecular complexity index is 1960. The normalized spacial score (nSPS) is 11.6. The third-order valence-electron chi connectivity index (χ3n) is 7.01. The summed E-state index contributed by atoms with van der Waals surface area (Å²) in [5.41, 5.74) is 0.445. The standard InChI is InChI=1S/C19H16F3N3O.C15H14F3NO2/c1-11-7-14-12(2)9-16(25-17(14)15(8-11)19(20,21)22)18(26)24-10-13-5-3-4-6-23-13;1-4-21-14(20)12-7-9(3)10-5-8(2)6-11(13(10)19-12)15(16,17)18/h3-9H,10H2,1-2H3,(H,24,26);5-7H,4H2,1-3H3. The summed E-state index contributed by atoms with van der Waals surface area (Å²) >= 11 is 0. The summed E-state index contributed by atoms with van der Waals surface area (Å²) in [6, 6.07) is 13.6. The van der Waals surface area contributed by atoms with Crippen LogP contribution in [-0.2, 0) is 23.6 Å². The van der Waals surface area contributed by atoms with Gasteiger partial charge in [0.05, 0.1) is 41.0 Å². The number of hydrogen-bond donors (Lipinski definition) is 1. The Morgan fingerprint density at radius 1 is 0.745 bits per heavy atom. The van der Waals surface area contributed by atoms with Gasteiger partial charge in [-0.25, -0.2) is 14.8 Å². The molecular weight excluding hydrogens is 626 g/mol. The van der Waals surface area contributed by atoms with Gasteiger partial charge in [-0.15, -0.1) is 0 Å². The molecule has 3 heterocycles. The van der Waals surface area contributed by atoms with Crippen LogP contribution in [0.15, 0.2) is 60.8 Å². The summed E-state index contributed by atoms with van der Waals surface area (Å²) in [6.07, 6.45) is -7.48. The first-order chi connectivity index (χ1) is 22.0. The van der Waals surface area contributed by atoms with E-state index >= 15 is 0 Å². The maximum atomic E-state index is 13.4. The van der Waals surface area contributed by atoms with Crippen LogP contribution >= 0.6 is 0 Å². The molecule has 47 heavy (non-hydrogen) atoms. The zero-order valence-electron chi connectivity index (χ0n) is 26.0. The number of benzene rings is 2. The minimum Gasteiger partial charge on any atom is -0.461 e. The van der Waals surface area contributed by atoms with Crippen LogP contribution in [0.5, 0.6) is 0 Å². The molecule has 13 heteroatoms. The van der Waals surface area contributed by atoms with Crippen molar-refractivity contribution in [1.82, 2.24) is 20.3 Å². The Labute approximate surface area is 266 Å². The van der Waals surface area contributed by atoms with E-state index in [0.717, 1.165) is 12.1 Å². The number of nitrogens with zero attached hydrogens (tertiary/aromatic N) is 3. The number of aromatic nitrogens is 3. The first kappa shape index (κ1) is 34.8. The number of amides is 1. The number of esters is 1. The van der Waals surface area contributed by atoms with Gasteiger partial charge in [0.1, 0.15) is 11.4 Å². The molecule has 0 aliphatic heterocycles. The number of carbonyl (C=O) groups is 2. The third kappa shape index (κ3) is 8.21. The van der Waals surface area contributed by atoms with Gasteiger partial charge >= 0.3 is 18.3 Å². The fraction of sp³-hybridized carbons (Fsp3) is 0.265. The molecule has 5 aromatic rings. The van der Waals surface area contributed by atoms with Gasteiger partial charge in [-0.3, -0.25) is 9.78 Å². The second-order valence-corrected chi connectivity index (χ2v) is 10.8. The maximum absolute atomic E-state index is 13.4. The molecule has 0 radical (unpaired) electrons. The van der Waals surface area contributed by atoms with Crippen molar-refractivity contribution in [3.63, 3.8) is 0 Å². The van der Waals surface area contributed by atoms with Crippen LogP contribution in [0.2, 0.25) is 0 Å². The molecule has 0 spiro atoms. The minimum absolute atomic E-state index is 0.0553. The Morgan fingerprint density at radius 3 is 1.72 bits per heavy atom. The number of alkyl halides is 6. The maximum Gasteiger partial charge on any atom is 0.418 e. The van der Waals surface area contributed by atoms with Gasteiger partial charge in [0.15, 0.2) is 0 Å². The van der Waals surface area contributed by atoms with E-state index in [2.05, 4.69) is 20.3 Å². The molecule has 0 unspecified atom stereocenters. The molecule has 1 N–H and O–H groups in total. The first-order valence-corrected chi connectivity index (χ1v) is 14.3. The fourth-order valence-electron chi connectivity index (χ4n) is 4.89. The molecular formula is C34H30F6N4O3. The second-order valence-electron chi connectivity index (χ2n) is 10.8. The lowest BCUT2D eigenvalue weighted by atomic mass is 10.0. The number of pyridine rings is 3. The monoisotopic (exact) mass is 656 g/mol. The summed E-state index contributed by atoms with van der Waals surface area (Å²) in [5, 5.41) is 3.40. The number of carbonyl (C=O) groups excluding carboxylic acids is 2. The molecule has 0 saturated heterocycles. The van der Waals surface area contributed by atoms with E-state index < -0.39 is 35.4 Å². The van der Waals surface area contributed by atoms with Crippen molar-refractivity contribution in [2.24, 2.45) is 0 Å². The lowest BCUT2D eigenvalue weighted by Gasteiger charge is -2.14. The summed E-state index contributed by atoms with van der Waals surface area (Å²) < 4.78 is 84.4. The van der Waals surface area contributed by atoms with Crippen molar-refractivity contribution in [3.8, 4) is 0 Å². The van der Waals surface area contributed by atoms with E-state index in [-0.39, 0.29) is 35.6 Å². The van der Waals surface area contributed by atoms with Crippen molar-refractivity contribution >= 4 is 33.7 Å². The number of fused-ring (bicyclic) bond motifs is 2. The van der Waals surface area contributed by atoms with Crippen LogP contribution in [0.3, 0.4) is 0 Å². The van der Waals surface area contributed by atoms with Crippen molar-refractivity contribution < 1.29 is 40.7 Å². The van der Waals surface area contributed by atoms with E-state index in [1.165, 1.54) is 12.1 Å². The molecule has 5 rings (SSSR count). The second kappa shape index (κ2) is 13.7. The summed E-state index contributed by atoms with van der Waals surface area (Å²) in [7, 11) is 0.